The zero-order valence-electron chi connectivity index (χ0n) is 12.0. The van der Waals surface area contributed by atoms with Crippen LogP contribution in [0.25, 0.3) is 0 Å². The molecule has 0 spiro atoms. The highest BCUT2D eigenvalue weighted by Crippen LogP contribution is 2.55. The second kappa shape index (κ2) is 5.43. The van der Waals surface area contributed by atoms with Crippen molar-refractivity contribution in [3.05, 3.63) is 35.9 Å². The van der Waals surface area contributed by atoms with Gasteiger partial charge in [-0.1, -0.05) is 18.2 Å². The van der Waals surface area contributed by atoms with Crippen LogP contribution >= 0.6 is 0 Å². The summed E-state index contributed by atoms with van der Waals surface area (Å²) in [6.07, 6.45) is 6.53. The van der Waals surface area contributed by atoms with Crippen molar-refractivity contribution in [3.8, 4) is 11.5 Å². The number of benzene rings is 1. The quantitative estimate of drug-likeness (QED) is 0.817. The molecule has 0 heterocycles. The van der Waals surface area contributed by atoms with Crippen LogP contribution in [0, 0.1) is 17.8 Å². The molecule has 1 aromatic rings. The van der Waals surface area contributed by atoms with Gasteiger partial charge in [-0.3, -0.25) is 4.79 Å². The maximum absolute atomic E-state index is 10.9. The molecule has 2 N–H and O–H groups in total. The number of aromatic hydroxyl groups is 1. The van der Waals surface area contributed by atoms with Crippen LogP contribution in [0.15, 0.2) is 30.4 Å². The van der Waals surface area contributed by atoms with E-state index in [-0.39, 0.29) is 12.2 Å². The molecular weight excluding hydrogens is 268 g/mol. The predicted octanol–water partition coefficient (Wildman–Crippen LogP) is 3.17. The Hall–Kier alpha value is -1.97. The molecule has 0 aromatic heterocycles. The van der Waals surface area contributed by atoms with E-state index >= 15 is 0 Å². The number of ether oxygens (including phenoxy) is 1. The van der Waals surface area contributed by atoms with Crippen molar-refractivity contribution in [1.29, 1.82) is 0 Å². The Morgan fingerprint density at radius 2 is 2.10 bits per heavy atom. The second-order valence-electron chi connectivity index (χ2n) is 6.00. The zero-order valence-corrected chi connectivity index (χ0v) is 12.0. The molecule has 112 valence electrons. The lowest BCUT2D eigenvalue weighted by Gasteiger charge is -2.28. The Balaban J connectivity index is 1.88. The van der Waals surface area contributed by atoms with Gasteiger partial charge in [0.15, 0.2) is 11.5 Å². The van der Waals surface area contributed by atoms with Gasteiger partial charge in [-0.2, -0.15) is 0 Å². The molecule has 0 aliphatic heterocycles. The number of methoxy groups -OCH3 is 1. The first-order valence-electron chi connectivity index (χ1n) is 7.37. The summed E-state index contributed by atoms with van der Waals surface area (Å²) in [5.74, 6) is 1.54. The Morgan fingerprint density at radius 3 is 2.81 bits per heavy atom. The lowest BCUT2D eigenvalue weighted by molar-refractivity contribution is -0.137. The van der Waals surface area contributed by atoms with Crippen molar-refractivity contribution in [2.45, 2.75) is 25.2 Å². The van der Waals surface area contributed by atoms with Crippen LogP contribution in [0.3, 0.4) is 0 Å². The topological polar surface area (TPSA) is 66.8 Å². The molecule has 0 saturated heterocycles. The normalized spacial score (nSPS) is 29.8. The van der Waals surface area contributed by atoms with E-state index < -0.39 is 5.97 Å². The minimum atomic E-state index is -0.733. The van der Waals surface area contributed by atoms with Gasteiger partial charge in [0.2, 0.25) is 0 Å². The SMILES string of the molecule is COc1cc(C2C3C=CC(C3)C2CCC(=O)O)ccc1O. The summed E-state index contributed by atoms with van der Waals surface area (Å²) in [7, 11) is 1.54. The van der Waals surface area contributed by atoms with Gasteiger partial charge in [0, 0.05) is 6.42 Å². The lowest BCUT2D eigenvalue weighted by atomic mass is 9.76. The summed E-state index contributed by atoms with van der Waals surface area (Å²) in [5, 5.41) is 18.7. The smallest absolute Gasteiger partial charge is 0.303 e. The van der Waals surface area contributed by atoms with Crippen LogP contribution in [0.1, 0.15) is 30.7 Å². The first-order valence-corrected chi connectivity index (χ1v) is 7.37. The zero-order chi connectivity index (χ0) is 15.0. The van der Waals surface area contributed by atoms with Crippen molar-refractivity contribution in [3.63, 3.8) is 0 Å². The standard InChI is InChI=1S/C17H20O4/c1-21-15-9-12(4-6-14(15)18)17-11-3-2-10(8-11)13(17)5-7-16(19)20/h2-4,6,9-11,13,17-18H,5,7-8H2,1H3,(H,19,20). The summed E-state index contributed by atoms with van der Waals surface area (Å²) in [4.78, 5) is 10.9. The van der Waals surface area contributed by atoms with E-state index in [0.717, 1.165) is 12.0 Å². The molecule has 0 amide bonds. The molecule has 1 saturated carbocycles. The van der Waals surface area contributed by atoms with Crippen LogP contribution < -0.4 is 4.74 Å². The van der Waals surface area contributed by atoms with Gasteiger partial charge in [-0.15, -0.1) is 0 Å². The Morgan fingerprint density at radius 1 is 1.33 bits per heavy atom. The van der Waals surface area contributed by atoms with E-state index in [2.05, 4.69) is 12.2 Å². The van der Waals surface area contributed by atoms with E-state index in [4.69, 9.17) is 9.84 Å². The molecule has 0 radical (unpaired) electrons. The Bertz CT molecular complexity index is 578. The molecule has 1 aromatic carbocycles. The Kier molecular flexibility index (Phi) is 3.62. The molecule has 21 heavy (non-hydrogen) atoms. The van der Waals surface area contributed by atoms with Gasteiger partial charge >= 0.3 is 5.97 Å². The minimum absolute atomic E-state index is 0.141. The lowest BCUT2D eigenvalue weighted by Crippen LogP contribution is -2.19. The summed E-state index contributed by atoms with van der Waals surface area (Å²) in [6, 6.07) is 5.49. The van der Waals surface area contributed by atoms with E-state index in [0.29, 0.717) is 35.8 Å². The maximum atomic E-state index is 10.9. The van der Waals surface area contributed by atoms with Gasteiger partial charge in [0.25, 0.3) is 0 Å². The number of aliphatic carboxylic acids is 1. The summed E-state index contributed by atoms with van der Waals surface area (Å²) < 4.78 is 5.20. The van der Waals surface area contributed by atoms with Crippen molar-refractivity contribution >= 4 is 5.97 Å². The highest BCUT2D eigenvalue weighted by Gasteiger charge is 2.44. The fraction of sp³-hybridized carbons (Fsp3) is 0.471. The van der Waals surface area contributed by atoms with Crippen LogP contribution in [0.2, 0.25) is 0 Å². The predicted molar refractivity (Wildman–Crippen MR) is 78.5 cm³/mol. The fourth-order valence-electron chi connectivity index (χ4n) is 4.00. The number of hydrogen-bond donors (Lipinski definition) is 2. The first kappa shape index (κ1) is 14.0. The van der Waals surface area contributed by atoms with Crippen LogP contribution in [-0.4, -0.2) is 23.3 Å². The van der Waals surface area contributed by atoms with E-state index in [1.165, 1.54) is 0 Å². The molecule has 4 nitrogen and oxygen atoms in total. The number of phenolic OH excluding ortho intramolecular Hbond substituents is 1. The third kappa shape index (κ3) is 2.50. The molecule has 3 rings (SSSR count). The highest BCUT2D eigenvalue weighted by atomic mass is 16.5. The van der Waals surface area contributed by atoms with E-state index in [1.807, 2.05) is 12.1 Å². The van der Waals surface area contributed by atoms with Crippen LogP contribution in [-0.2, 0) is 4.79 Å². The summed E-state index contributed by atoms with van der Waals surface area (Å²) in [5.41, 5.74) is 1.14. The van der Waals surface area contributed by atoms with Crippen LogP contribution in [0.4, 0.5) is 0 Å². The largest absolute Gasteiger partial charge is 0.504 e. The number of rotatable bonds is 5. The molecule has 4 unspecified atom stereocenters. The average molecular weight is 288 g/mol. The van der Waals surface area contributed by atoms with E-state index in [9.17, 15) is 9.90 Å². The number of carboxylic acids is 1. The molecule has 2 aliphatic rings. The number of fused-ring (bicyclic) bond motifs is 2. The monoisotopic (exact) mass is 288 g/mol. The molecule has 4 atom stereocenters. The number of phenols is 1. The van der Waals surface area contributed by atoms with Gasteiger partial charge in [-0.25, -0.2) is 0 Å². The van der Waals surface area contributed by atoms with Crippen molar-refractivity contribution in [2.75, 3.05) is 7.11 Å². The number of allylic oxidation sites excluding steroid dienone is 2. The second-order valence-corrected chi connectivity index (χ2v) is 6.00. The summed E-state index contributed by atoms with van der Waals surface area (Å²) >= 11 is 0. The van der Waals surface area contributed by atoms with Gasteiger partial charge in [0.1, 0.15) is 0 Å². The van der Waals surface area contributed by atoms with Crippen molar-refractivity contribution < 1.29 is 19.7 Å². The van der Waals surface area contributed by atoms with Gasteiger partial charge in [-0.05, 0) is 54.2 Å². The number of carboxylic acid groups (broad SMARTS) is 1. The van der Waals surface area contributed by atoms with Crippen molar-refractivity contribution in [2.24, 2.45) is 17.8 Å². The Labute approximate surface area is 124 Å². The van der Waals surface area contributed by atoms with Crippen molar-refractivity contribution in [1.82, 2.24) is 0 Å². The van der Waals surface area contributed by atoms with Gasteiger partial charge in [0.05, 0.1) is 7.11 Å². The summed E-state index contributed by atoms with van der Waals surface area (Å²) in [6.45, 7) is 0. The van der Waals surface area contributed by atoms with Crippen LogP contribution in [0.5, 0.6) is 11.5 Å². The van der Waals surface area contributed by atoms with E-state index in [1.54, 1.807) is 13.2 Å². The third-order valence-electron chi connectivity index (χ3n) is 4.90. The first-order chi connectivity index (χ1) is 10.1. The number of carbonyl (C=O) groups is 1. The number of hydrogen-bond acceptors (Lipinski definition) is 3. The highest BCUT2D eigenvalue weighted by molar-refractivity contribution is 5.66. The maximum Gasteiger partial charge on any atom is 0.303 e. The molecular formula is C17H20O4. The van der Waals surface area contributed by atoms with Gasteiger partial charge < -0.3 is 14.9 Å². The molecule has 4 heteroatoms. The fourth-order valence-corrected chi connectivity index (χ4v) is 4.00. The molecule has 2 bridgehead atoms. The molecule has 2 aliphatic carbocycles. The average Bonchev–Trinajstić information content (AvgIpc) is 3.06. The minimum Gasteiger partial charge on any atom is -0.504 e. The third-order valence-corrected chi connectivity index (χ3v) is 4.90. The molecule has 1 fully saturated rings.